The van der Waals surface area contributed by atoms with Crippen LogP contribution in [0.4, 0.5) is 0 Å². The number of rotatable bonds is 42. The van der Waals surface area contributed by atoms with Crippen LogP contribution < -0.4 is 0 Å². The maximum atomic E-state index is 13.0. The van der Waals surface area contributed by atoms with Crippen molar-refractivity contribution in [3.05, 3.63) is 60.8 Å². The molecule has 0 aliphatic carbocycles. The molecule has 0 bridgehead atoms. The van der Waals surface area contributed by atoms with E-state index in [1.807, 2.05) is 0 Å². The second-order valence-corrected chi connectivity index (χ2v) is 18.7. The zero-order chi connectivity index (χ0) is 50.2. The third-order valence-corrected chi connectivity index (χ3v) is 12.5. The first kappa shape index (κ1) is 62.8. The number of carbonyl (C=O) groups is 1. The number of carbonyl (C=O) groups excluding carboxylic acids is 1. The van der Waals surface area contributed by atoms with Gasteiger partial charge >= 0.3 is 5.97 Å². The number of allylic oxidation sites excluding steroid dienone is 10. The predicted molar refractivity (Wildman–Crippen MR) is 270 cm³/mol. The first-order valence-electron chi connectivity index (χ1n) is 26.9. The summed E-state index contributed by atoms with van der Waals surface area (Å²) in [6, 6.07) is 0. The fourth-order valence-corrected chi connectivity index (χ4v) is 8.15. The molecule has 14 heteroatoms. The van der Waals surface area contributed by atoms with Crippen LogP contribution in [0.3, 0.4) is 0 Å². The van der Waals surface area contributed by atoms with Crippen molar-refractivity contribution >= 4 is 5.97 Å². The molecule has 0 spiro atoms. The van der Waals surface area contributed by atoms with E-state index in [0.717, 1.165) is 83.5 Å². The summed E-state index contributed by atoms with van der Waals surface area (Å²) in [6.45, 7) is 3.50. The smallest absolute Gasteiger partial charge is 0.306 e. The van der Waals surface area contributed by atoms with Gasteiger partial charge in [0.05, 0.1) is 26.4 Å². The van der Waals surface area contributed by atoms with E-state index in [0.29, 0.717) is 13.0 Å². The van der Waals surface area contributed by atoms with Crippen molar-refractivity contribution in [2.45, 2.75) is 248 Å². The zero-order valence-electron chi connectivity index (χ0n) is 42.5. The number of esters is 1. The Balaban J connectivity index is 1.75. The molecule has 0 amide bonds. The molecule has 2 heterocycles. The van der Waals surface area contributed by atoms with Crippen LogP contribution in [-0.2, 0) is 33.2 Å². The van der Waals surface area contributed by atoms with Gasteiger partial charge in [-0.05, 0) is 77.0 Å². The quantitative estimate of drug-likeness (QED) is 0.0174. The molecule has 14 nitrogen and oxygen atoms in total. The van der Waals surface area contributed by atoms with Gasteiger partial charge in [0.25, 0.3) is 0 Å². The van der Waals surface area contributed by atoms with Crippen molar-refractivity contribution in [2.75, 3.05) is 33.0 Å². The van der Waals surface area contributed by atoms with E-state index in [4.69, 9.17) is 28.4 Å². The summed E-state index contributed by atoms with van der Waals surface area (Å²) in [7, 11) is 0. The van der Waals surface area contributed by atoms with Gasteiger partial charge in [-0.2, -0.15) is 0 Å². The highest BCUT2D eigenvalue weighted by Gasteiger charge is 2.47. The molecule has 0 aromatic heterocycles. The molecule has 0 aromatic carbocycles. The molecular formula is C55H96O14. The first-order valence-corrected chi connectivity index (χ1v) is 26.9. The summed E-state index contributed by atoms with van der Waals surface area (Å²) in [5, 5.41) is 72.2. The lowest BCUT2D eigenvalue weighted by Crippen LogP contribution is -2.61. The van der Waals surface area contributed by atoms with Crippen LogP contribution in [0.25, 0.3) is 0 Å². The van der Waals surface area contributed by atoms with Gasteiger partial charge in [-0.1, -0.05) is 158 Å². The Morgan fingerprint density at radius 1 is 0.493 bits per heavy atom. The lowest BCUT2D eigenvalue weighted by atomic mass is 9.98. The van der Waals surface area contributed by atoms with Gasteiger partial charge < -0.3 is 64.2 Å². The van der Waals surface area contributed by atoms with Crippen molar-refractivity contribution < 1.29 is 69.0 Å². The van der Waals surface area contributed by atoms with Gasteiger partial charge in [0.1, 0.15) is 54.9 Å². The molecule has 2 aliphatic heterocycles. The molecule has 2 saturated heterocycles. The minimum absolute atomic E-state index is 0.0425. The van der Waals surface area contributed by atoms with Gasteiger partial charge in [0.2, 0.25) is 0 Å². The second-order valence-electron chi connectivity index (χ2n) is 18.7. The van der Waals surface area contributed by atoms with Crippen LogP contribution in [0.1, 0.15) is 181 Å². The summed E-state index contributed by atoms with van der Waals surface area (Å²) in [4.78, 5) is 13.0. The second kappa shape index (κ2) is 42.2. The number of unbranched alkanes of at least 4 members (excludes halogenated alkanes) is 18. The lowest BCUT2D eigenvalue weighted by molar-refractivity contribution is -0.332. The van der Waals surface area contributed by atoms with Crippen molar-refractivity contribution in [3.63, 3.8) is 0 Å². The monoisotopic (exact) mass is 981 g/mol. The molecule has 11 atom stereocenters. The Kier molecular flexibility index (Phi) is 38.4. The fraction of sp³-hybridized carbons (Fsp3) is 0.800. The average Bonchev–Trinajstić information content (AvgIpc) is 3.35. The van der Waals surface area contributed by atoms with Gasteiger partial charge in [-0.25, -0.2) is 0 Å². The topological polar surface area (TPSA) is 214 Å². The minimum Gasteiger partial charge on any atom is -0.457 e. The predicted octanol–water partition coefficient (Wildman–Crippen LogP) is 8.52. The van der Waals surface area contributed by atoms with E-state index in [-0.39, 0.29) is 19.6 Å². The van der Waals surface area contributed by atoms with Crippen molar-refractivity contribution in [1.29, 1.82) is 0 Å². The Morgan fingerprint density at radius 3 is 1.48 bits per heavy atom. The van der Waals surface area contributed by atoms with Gasteiger partial charge in [0.15, 0.2) is 12.6 Å². The Labute approximate surface area is 415 Å². The van der Waals surface area contributed by atoms with E-state index in [1.165, 1.54) is 70.6 Å². The summed E-state index contributed by atoms with van der Waals surface area (Å²) >= 11 is 0. The summed E-state index contributed by atoms with van der Waals surface area (Å²) in [5.41, 5.74) is 0. The maximum Gasteiger partial charge on any atom is 0.306 e. The fourth-order valence-electron chi connectivity index (χ4n) is 8.15. The van der Waals surface area contributed by atoms with Crippen LogP contribution in [-0.4, -0.2) is 142 Å². The first-order chi connectivity index (χ1) is 33.6. The maximum absolute atomic E-state index is 13.0. The number of ether oxygens (including phenoxy) is 6. The zero-order valence-corrected chi connectivity index (χ0v) is 42.5. The van der Waals surface area contributed by atoms with Gasteiger partial charge in [-0.3, -0.25) is 4.79 Å². The normalized spacial score (nSPS) is 26.2. The van der Waals surface area contributed by atoms with E-state index in [9.17, 15) is 40.5 Å². The van der Waals surface area contributed by atoms with E-state index >= 15 is 0 Å². The molecule has 11 unspecified atom stereocenters. The molecule has 0 radical (unpaired) electrons. The molecule has 2 aliphatic rings. The molecule has 0 aromatic rings. The summed E-state index contributed by atoms with van der Waals surface area (Å²) < 4.78 is 34.3. The third kappa shape index (κ3) is 29.7. The molecule has 0 saturated carbocycles. The summed E-state index contributed by atoms with van der Waals surface area (Å²) in [6.07, 6.45) is 34.3. The van der Waals surface area contributed by atoms with Crippen molar-refractivity contribution in [2.24, 2.45) is 0 Å². The minimum atomic E-state index is -1.71. The lowest BCUT2D eigenvalue weighted by Gasteiger charge is -2.42. The molecule has 400 valence electrons. The summed E-state index contributed by atoms with van der Waals surface area (Å²) in [5.74, 6) is -0.390. The number of hydrogen-bond acceptors (Lipinski definition) is 14. The Bertz CT molecular complexity index is 1370. The van der Waals surface area contributed by atoms with E-state index in [2.05, 4.69) is 74.6 Å². The van der Waals surface area contributed by atoms with E-state index < -0.39 is 86.7 Å². The number of aliphatic hydroxyl groups is 7. The van der Waals surface area contributed by atoms with Crippen molar-refractivity contribution in [1.82, 2.24) is 0 Å². The van der Waals surface area contributed by atoms with Gasteiger partial charge in [0, 0.05) is 13.0 Å². The largest absolute Gasteiger partial charge is 0.457 e. The highest BCUT2D eigenvalue weighted by Crippen LogP contribution is 2.26. The molecule has 2 fully saturated rings. The Morgan fingerprint density at radius 2 is 0.942 bits per heavy atom. The standard InChI is InChI=1S/C55H96O14/c1-3-5-7-9-11-13-15-17-19-20-21-22-23-24-25-26-28-30-32-34-36-38-47(57)67-44(41-64-39-37-35-33-31-29-27-18-16-14-12-10-8-6-4-2)42-65-54-53(63)51(61)49(59)46(69-54)43-66-55-52(62)50(60)48(58)45(40-56)68-55/h6,8,12,14-15,17-18,20-21,27,44-46,48-56,58-63H,3-5,7,9-11,13,16,19,22-26,28-43H2,1-2H3/b8-6-,14-12-,17-15-,21-20-,27-18-. The van der Waals surface area contributed by atoms with Gasteiger partial charge in [-0.15, -0.1) is 0 Å². The van der Waals surface area contributed by atoms with Crippen LogP contribution in [0, 0.1) is 0 Å². The van der Waals surface area contributed by atoms with Crippen LogP contribution in [0.15, 0.2) is 60.8 Å². The van der Waals surface area contributed by atoms with Crippen LogP contribution >= 0.6 is 0 Å². The molecular weight excluding hydrogens is 885 g/mol. The molecule has 69 heavy (non-hydrogen) atoms. The molecule has 7 N–H and O–H groups in total. The highest BCUT2D eigenvalue weighted by molar-refractivity contribution is 5.69. The third-order valence-electron chi connectivity index (χ3n) is 12.5. The molecule has 2 rings (SSSR count). The highest BCUT2D eigenvalue weighted by atomic mass is 16.7. The number of hydrogen-bond donors (Lipinski definition) is 7. The van der Waals surface area contributed by atoms with Crippen LogP contribution in [0.5, 0.6) is 0 Å². The Hall–Kier alpha value is -2.31. The van der Waals surface area contributed by atoms with Crippen LogP contribution in [0.2, 0.25) is 0 Å². The number of aliphatic hydroxyl groups excluding tert-OH is 7. The SMILES string of the molecule is CC/C=C\C/C=C\C/C=C\CCCCCCOCC(COC1OC(COC2OC(CO)C(O)C(O)C2O)C(O)C(O)C1O)OC(=O)CCCCCCCCCCC/C=C\C/C=C\CCCCCCC. The van der Waals surface area contributed by atoms with E-state index in [1.54, 1.807) is 0 Å². The van der Waals surface area contributed by atoms with Crippen molar-refractivity contribution in [3.8, 4) is 0 Å². The average molecular weight is 981 g/mol.